The van der Waals surface area contributed by atoms with Crippen molar-refractivity contribution in [2.45, 2.75) is 33.0 Å². The van der Waals surface area contributed by atoms with Gasteiger partial charge in [0, 0.05) is 5.69 Å². The molecule has 0 aliphatic rings. The number of benzene rings is 3. The molecule has 168 valence electrons. The summed E-state index contributed by atoms with van der Waals surface area (Å²) in [6, 6.07) is 27.4. The van der Waals surface area contributed by atoms with Gasteiger partial charge in [0.2, 0.25) is 5.91 Å². The summed E-state index contributed by atoms with van der Waals surface area (Å²) in [5, 5.41) is 7.54. The smallest absolute Gasteiger partial charge is 0.246 e. The van der Waals surface area contributed by atoms with Gasteiger partial charge in [-0.3, -0.25) is 9.36 Å². The second-order valence-electron chi connectivity index (χ2n) is 7.63. The third-order valence-corrected chi connectivity index (χ3v) is 5.66. The van der Waals surface area contributed by atoms with Crippen LogP contribution in [0.25, 0.3) is 0 Å². The van der Waals surface area contributed by atoms with Crippen LogP contribution in [-0.2, 0) is 30.9 Å². The van der Waals surface area contributed by atoms with E-state index in [-0.39, 0.29) is 19.1 Å². The summed E-state index contributed by atoms with van der Waals surface area (Å²) in [7, 11) is 0. The van der Waals surface area contributed by atoms with E-state index >= 15 is 0 Å². The minimum Gasteiger partial charge on any atom is -0.486 e. The van der Waals surface area contributed by atoms with Gasteiger partial charge >= 0.3 is 0 Å². The van der Waals surface area contributed by atoms with Crippen molar-refractivity contribution in [3.63, 3.8) is 0 Å². The Hall–Kier alpha value is -3.71. The van der Waals surface area contributed by atoms with Crippen molar-refractivity contribution in [1.29, 1.82) is 0 Å². The molecule has 0 spiro atoms. The number of anilines is 1. The van der Waals surface area contributed by atoms with E-state index in [0.717, 1.165) is 23.4 Å². The van der Waals surface area contributed by atoms with E-state index in [1.165, 1.54) is 5.56 Å². The van der Waals surface area contributed by atoms with Crippen molar-refractivity contribution >= 4 is 23.8 Å². The molecule has 0 aliphatic heterocycles. The Morgan fingerprint density at radius 2 is 1.61 bits per heavy atom. The number of nitrogens with zero attached hydrogens (tertiary/aromatic N) is 3. The third-order valence-electron chi connectivity index (χ3n) is 5.23. The number of carbonyl (C=O) groups excluding carboxylic acids is 1. The monoisotopic (exact) mass is 458 g/mol. The molecule has 1 heterocycles. The minimum absolute atomic E-state index is 0.0223. The van der Waals surface area contributed by atoms with Gasteiger partial charge in [0.1, 0.15) is 18.9 Å². The van der Waals surface area contributed by atoms with Crippen molar-refractivity contribution < 1.29 is 9.53 Å². The highest BCUT2D eigenvalue weighted by atomic mass is 32.1. The highest BCUT2D eigenvalue weighted by molar-refractivity contribution is 7.71. The highest BCUT2D eigenvalue weighted by Gasteiger charge is 2.15. The van der Waals surface area contributed by atoms with Crippen LogP contribution in [0.15, 0.2) is 84.9 Å². The Morgan fingerprint density at radius 3 is 2.27 bits per heavy atom. The normalized spacial score (nSPS) is 10.7. The molecule has 0 unspecified atom stereocenters. The SMILES string of the molecule is CCc1ccc(NC(=O)Cn2nc(COc3ccccc3)n(Cc3ccccc3)c2=S)cc1. The number of ether oxygens (including phenoxy) is 1. The molecule has 0 radical (unpaired) electrons. The summed E-state index contributed by atoms with van der Waals surface area (Å²) >= 11 is 5.69. The summed E-state index contributed by atoms with van der Waals surface area (Å²) in [6.45, 7) is 2.91. The molecule has 1 aromatic heterocycles. The molecule has 1 amide bonds. The van der Waals surface area contributed by atoms with E-state index in [4.69, 9.17) is 17.0 Å². The van der Waals surface area contributed by atoms with Crippen molar-refractivity contribution in [3.05, 3.63) is 107 Å². The molecule has 0 saturated heterocycles. The van der Waals surface area contributed by atoms with Gasteiger partial charge in [0.25, 0.3) is 0 Å². The number of aromatic nitrogens is 3. The Balaban J connectivity index is 1.53. The van der Waals surface area contributed by atoms with Gasteiger partial charge in [-0.05, 0) is 54.0 Å². The van der Waals surface area contributed by atoms with Crippen LogP contribution < -0.4 is 10.1 Å². The Kier molecular flexibility index (Phi) is 7.32. The molecule has 3 aromatic carbocycles. The van der Waals surface area contributed by atoms with Crippen molar-refractivity contribution in [1.82, 2.24) is 14.3 Å². The summed E-state index contributed by atoms with van der Waals surface area (Å²) in [6.07, 6.45) is 0.954. The van der Waals surface area contributed by atoms with E-state index < -0.39 is 0 Å². The van der Waals surface area contributed by atoms with Gasteiger partial charge in [-0.25, -0.2) is 4.68 Å². The number of hydrogen-bond donors (Lipinski definition) is 1. The van der Waals surface area contributed by atoms with Crippen molar-refractivity contribution in [2.24, 2.45) is 0 Å². The van der Waals surface area contributed by atoms with Crippen LogP contribution in [0.3, 0.4) is 0 Å². The van der Waals surface area contributed by atoms with Gasteiger partial charge < -0.3 is 10.1 Å². The number of rotatable bonds is 9. The first-order valence-corrected chi connectivity index (χ1v) is 11.3. The van der Waals surface area contributed by atoms with E-state index in [1.807, 2.05) is 89.5 Å². The summed E-state index contributed by atoms with van der Waals surface area (Å²) in [5.41, 5.74) is 3.06. The molecule has 0 fully saturated rings. The number of nitrogens with one attached hydrogen (secondary N) is 1. The third kappa shape index (κ3) is 5.96. The Labute approximate surface area is 198 Å². The molecule has 6 nitrogen and oxygen atoms in total. The molecular formula is C26H26N4O2S. The van der Waals surface area contributed by atoms with Crippen molar-refractivity contribution in [3.8, 4) is 5.75 Å². The standard InChI is InChI=1S/C26H26N4O2S/c1-2-20-13-15-22(16-14-20)27-25(31)18-30-26(33)29(17-21-9-5-3-6-10-21)24(28-30)19-32-23-11-7-4-8-12-23/h3-16H,2,17-19H2,1H3,(H,27,31). The Morgan fingerprint density at radius 1 is 0.939 bits per heavy atom. The zero-order valence-electron chi connectivity index (χ0n) is 18.5. The fraction of sp³-hybridized carbons (Fsp3) is 0.192. The number of hydrogen-bond acceptors (Lipinski definition) is 4. The highest BCUT2D eigenvalue weighted by Crippen LogP contribution is 2.14. The van der Waals surface area contributed by atoms with E-state index in [9.17, 15) is 4.79 Å². The maximum atomic E-state index is 12.7. The topological polar surface area (TPSA) is 61.1 Å². The predicted octanol–water partition coefficient (Wildman–Crippen LogP) is 5.24. The lowest BCUT2D eigenvalue weighted by Gasteiger charge is -2.08. The number of amides is 1. The molecule has 0 saturated carbocycles. The van der Waals surface area contributed by atoms with Crippen molar-refractivity contribution in [2.75, 3.05) is 5.32 Å². The fourth-order valence-electron chi connectivity index (χ4n) is 3.45. The number of carbonyl (C=O) groups is 1. The maximum absolute atomic E-state index is 12.7. The predicted molar refractivity (Wildman–Crippen MR) is 132 cm³/mol. The van der Waals surface area contributed by atoms with Crippen LogP contribution in [0.1, 0.15) is 23.9 Å². The molecule has 4 aromatic rings. The van der Waals surface area contributed by atoms with E-state index in [2.05, 4.69) is 17.3 Å². The van der Waals surface area contributed by atoms with Crippen LogP contribution in [0.5, 0.6) is 5.75 Å². The first-order valence-electron chi connectivity index (χ1n) is 10.9. The first-order chi connectivity index (χ1) is 16.1. The molecule has 0 bridgehead atoms. The molecule has 0 aliphatic carbocycles. The van der Waals surface area contributed by atoms with Gasteiger partial charge in [-0.1, -0.05) is 67.6 Å². The van der Waals surface area contributed by atoms with Crippen LogP contribution in [-0.4, -0.2) is 20.3 Å². The van der Waals surface area contributed by atoms with Crippen LogP contribution in [0, 0.1) is 4.77 Å². The lowest BCUT2D eigenvalue weighted by atomic mass is 10.1. The second-order valence-corrected chi connectivity index (χ2v) is 7.99. The quantitative estimate of drug-likeness (QED) is 0.348. The minimum atomic E-state index is -0.185. The van der Waals surface area contributed by atoms with Gasteiger partial charge in [-0.15, -0.1) is 0 Å². The van der Waals surface area contributed by atoms with Gasteiger partial charge in [0.15, 0.2) is 10.6 Å². The van der Waals surface area contributed by atoms with Gasteiger partial charge in [-0.2, -0.15) is 5.10 Å². The molecule has 7 heteroatoms. The first kappa shape index (κ1) is 22.5. The largest absolute Gasteiger partial charge is 0.486 e. The molecule has 33 heavy (non-hydrogen) atoms. The Bertz CT molecular complexity index is 1250. The maximum Gasteiger partial charge on any atom is 0.246 e. The number of para-hydroxylation sites is 1. The molecule has 4 rings (SSSR count). The molecule has 1 N–H and O–H groups in total. The van der Waals surface area contributed by atoms with E-state index in [1.54, 1.807) is 4.68 Å². The lowest BCUT2D eigenvalue weighted by molar-refractivity contribution is -0.116. The van der Waals surface area contributed by atoms with Crippen LogP contribution >= 0.6 is 12.2 Å². The number of aryl methyl sites for hydroxylation is 1. The zero-order chi connectivity index (χ0) is 23.0. The summed E-state index contributed by atoms with van der Waals surface area (Å²) in [5.74, 6) is 1.22. The van der Waals surface area contributed by atoms with Gasteiger partial charge in [0.05, 0.1) is 6.54 Å². The average molecular weight is 459 g/mol. The second kappa shape index (κ2) is 10.7. The fourth-order valence-corrected chi connectivity index (χ4v) is 3.72. The van der Waals surface area contributed by atoms with Crippen LogP contribution in [0.2, 0.25) is 0 Å². The van der Waals surface area contributed by atoms with E-state index in [0.29, 0.717) is 17.1 Å². The lowest BCUT2D eigenvalue weighted by Crippen LogP contribution is -2.20. The molecular weight excluding hydrogens is 432 g/mol. The molecule has 0 atom stereocenters. The summed E-state index contributed by atoms with van der Waals surface area (Å²) < 4.78 is 9.86. The zero-order valence-corrected chi connectivity index (χ0v) is 19.3. The van der Waals surface area contributed by atoms with Crippen LogP contribution in [0.4, 0.5) is 5.69 Å². The average Bonchev–Trinajstić information content (AvgIpc) is 3.13. The summed E-state index contributed by atoms with van der Waals surface area (Å²) in [4.78, 5) is 12.7.